The second kappa shape index (κ2) is 9.13. The molecule has 2 aromatic heterocycles. The molecule has 1 saturated carbocycles. The highest BCUT2D eigenvalue weighted by Gasteiger charge is 2.29. The maximum absolute atomic E-state index is 5.02. The molecule has 2 aliphatic rings. The van der Waals surface area contributed by atoms with Crippen LogP contribution in [0.15, 0.2) is 73.1 Å². The van der Waals surface area contributed by atoms with E-state index in [4.69, 9.17) is 5.10 Å². The Kier molecular flexibility index (Phi) is 5.69. The van der Waals surface area contributed by atoms with E-state index in [1.54, 1.807) is 0 Å². The number of hydrogen-bond donors (Lipinski definition) is 0. The lowest BCUT2D eigenvalue weighted by Gasteiger charge is -2.44. The van der Waals surface area contributed by atoms with Gasteiger partial charge in [0.15, 0.2) is 0 Å². The average molecular weight is 452 g/mol. The van der Waals surface area contributed by atoms with Crippen LogP contribution in [-0.2, 0) is 12.8 Å². The van der Waals surface area contributed by atoms with Crippen LogP contribution in [0.2, 0.25) is 0 Å². The standard InChI is InChI=1S/C29H33N5/c1-2-28-27-14-13-24(19-29(27)34(31-28)23-10-6-11-23)32-16-17-33(25-12-7-15-30-20-25)26(21-32)18-22-8-4-3-5-9-22/h3-5,7-9,12-15,19-20,23,26H,2,6,10-11,16-18,21H2,1H3/t26-/m0/s1. The summed E-state index contributed by atoms with van der Waals surface area (Å²) < 4.78 is 2.33. The van der Waals surface area contributed by atoms with E-state index >= 15 is 0 Å². The maximum Gasteiger partial charge on any atom is 0.0709 e. The predicted octanol–water partition coefficient (Wildman–Crippen LogP) is 5.66. The molecule has 0 bridgehead atoms. The Labute approximate surface area is 202 Å². The molecular weight excluding hydrogens is 418 g/mol. The van der Waals surface area contributed by atoms with Gasteiger partial charge < -0.3 is 9.80 Å². The quantitative estimate of drug-likeness (QED) is 0.379. The van der Waals surface area contributed by atoms with Gasteiger partial charge in [-0.1, -0.05) is 37.3 Å². The van der Waals surface area contributed by atoms with E-state index in [0.717, 1.165) is 32.5 Å². The maximum atomic E-state index is 5.02. The van der Waals surface area contributed by atoms with Crippen LogP contribution in [0.5, 0.6) is 0 Å². The van der Waals surface area contributed by atoms with Crippen molar-refractivity contribution in [3.8, 4) is 0 Å². The number of aromatic nitrogens is 3. The van der Waals surface area contributed by atoms with Gasteiger partial charge in [-0.3, -0.25) is 9.67 Å². The van der Waals surface area contributed by atoms with Gasteiger partial charge in [0.05, 0.1) is 35.2 Å². The van der Waals surface area contributed by atoms with Crippen LogP contribution in [0.25, 0.3) is 10.9 Å². The van der Waals surface area contributed by atoms with Gasteiger partial charge in [0.25, 0.3) is 0 Å². The van der Waals surface area contributed by atoms with Gasteiger partial charge in [-0.15, -0.1) is 0 Å². The van der Waals surface area contributed by atoms with E-state index in [1.807, 2.05) is 18.5 Å². The minimum atomic E-state index is 0.388. The minimum absolute atomic E-state index is 0.388. The van der Waals surface area contributed by atoms with Crippen molar-refractivity contribution >= 4 is 22.3 Å². The Hall–Kier alpha value is -3.34. The number of anilines is 2. The highest BCUT2D eigenvalue weighted by atomic mass is 15.3. The van der Waals surface area contributed by atoms with Crippen molar-refractivity contribution in [1.29, 1.82) is 0 Å². The van der Waals surface area contributed by atoms with Gasteiger partial charge in [0.1, 0.15) is 0 Å². The number of rotatable bonds is 6. The van der Waals surface area contributed by atoms with Crippen molar-refractivity contribution in [1.82, 2.24) is 14.8 Å². The molecule has 5 heteroatoms. The van der Waals surface area contributed by atoms with Gasteiger partial charge in [0, 0.05) is 36.9 Å². The normalized spacial score (nSPS) is 18.9. The van der Waals surface area contributed by atoms with E-state index in [1.165, 1.54) is 52.8 Å². The van der Waals surface area contributed by atoms with Crippen molar-refractivity contribution in [2.24, 2.45) is 0 Å². The number of nitrogens with zero attached hydrogens (tertiary/aromatic N) is 5. The first-order valence-electron chi connectivity index (χ1n) is 12.8. The zero-order chi connectivity index (χ0) is 22.9. The van der Waals surface area contributed by atoms with E-state index < -0.39 is 0 Å². The highest BCUT2D eigenvalue weighted by Crippen LogP contribution is 2.36. The molecule has 1 saturated heterocycles. The van der Waals surface area contributed by atoms with Crippen LogP contribution in [0, 0.1) is 0 Å². The summed E-state index contributed by atoms with van der Waals surface area (Å²) in [7, 11) is 0. The predicted molar refractivity (Wildman–Crippen MR) is 140 cm³/mol. The monoisotopic (exact) mass is 451 g/mol. The van der Waals surface area contributed by atoms with Crippen LogP contribution >= 0.6 is 0 Å². The lowest BCUT2D eigenvalue weighted by molar-refractivity contribution is 0.296. The Bertz CT molecular complexity index is 1250. The number of benzene rings is 2. The van der Waals surface area contributed by atoms with Crippen LogP contribution < -0.4 is 9.80 Å². The Morgan fingerprint density at radius 3 is 2.56 bits per heavy atom. The molecule has 1 aliphatic carbocycles. The topological polar surface area (TPSA) is 37.2 Å². The molecule has 1 aliphatic heterocycles. The SMILES string of the molecule is CCc1nn(C2CCC2)c2cc(N3CCN(c4cccnc4)[C@@H](Cc4ccccc4)C3)ccc12. The van der Waals surface area contributed by atoms with Gasteiger partial charge in [-0.05, 0) is 68.0 Å². The van der Waals surface area contributed by atoms with Crippen LogP contribution in [0.3, 0.4) is 0 Å². The van der Waals surface area contributed by atoms with E-state index in [-0.39, 0.29) is 0 Å². The molecule has 2 fully saturated rings. The summed E-state index contributed by atoms with van der Waals surface area (Å²) in [5.74, 6) is 0. The zero-order valence-corrected chi connectivity index (χ0v) is 20.0. The van der Waals surface area contributed by atoms with Gasteiger partial charge in [-0.2, -0.15) is 5.10 Å². The molecule has 4 aromatic rings. The second-order valence-corrected chi connectivity index (χ2v) is 9.73. The summed E-state index contributed by atoms with van der Waals surface area (Å²) in [6.45, 7) is 5.20. The van der Waals surface area contributed by atoms with Crippen molar-refractivity contribution in [2.75, 3.05) is 29.4 Å². The largest absolute Gasteiger partial charge is 0.368 e. The minimum Gasteiger partial charge on any atom is -0.368 e. The Balaban J connectivity index is 1.32. The first kappa shape index (κ1) is 21.2. The smallest absolute Gasteiger partial charge is 0.0709 e. The average Bonchev–Trinajstić information content (AvgIpc) is 3.21. The molecule has 0 spiro atoms. The number of hydrogen-bond acceptors (Lipinski definition) is 4. The summed E-state index contributed by atoms with van der Waals surface area (Å²) in [5.41, 5.74) is 6.47. The third-order valence-corrected chi connectivity index (χ3v) is 7.66. The number of aryl methyl sites for hydroxylation is 1. The molecule has 6 rings (SSSR count). The lowest BCUT2D eigenvalue weighted by atomic mass is 9.93. The Morgan fingerprint density at radius 1 is 0.941 bits per heavy atom. The summed E-state index contributed by atoms with van der Waals surface area (Å²) in [6, 6.07) is 23.1. The molecule has 34 heavy (non-hydrogen) atoms. The second-order valence-electron chi connectivity index (χ2n) is 9.73. The lowest BCUT2D eigenvalue weighted by Crippen LogP contribution is -2.54. The highest BCUT2D eigenvalue weighted by molar-refractivity contribution is 5.85. The molecule has 2 aromatic carbocycles. The fourth-order valence-corrected chi connectivity index (χ4v) is 5.57. The van der Waals surface area contributed by atoms with Crippen molar-refractivity contribution in [3.63, 3.8) is 0 Å². The zero-order valence-electron chi connectivity index (χ0n) is 20.0. The molecule has 5 nitrogen and oxygen atoms in total. The Morgan fingerprint density at radius 2 is 1.82 bits per heavy atom. The van der Waals surface area contributed by atoms with E-state index in [2.05, 4.69) is 81.0 Å². The molecule has 0 amide bonds. The van der Waals surface area contributed by atoms with Crippen LogP contribution in [0.1, 0.15) is 43.5 Å². The van der Waals surface area contributed by atoms with Crippen molar-refractivity contribution < 1.29 is 0 Å². The summed E-state index contributed by atoms with van der Waals surface area (Å²) in [6.07, 6.45) is 9.71. The van der Waals surface area contributed by atoms with Crippen LogP contribution in [0.4, 0.5) is 11.4 Å². The van der Waals surface area contributed by atoms with Crippen molar-refractivity contribution in [2.45, 2.75) is 51.1 Å². The fraction of sp³-hybridized carbons (Fsp3) is 0.379. The third kappa shape index (κ3) is 3.93. The summed E-state index contributed by atoms with van der Waals surface area (Å²) >= 11 is 0. The number of fused-ring (bicyclic) bond motifs is 1. The molecular formula is C29H33N5. The van der Waals surface area contributed by atoms with Gasteiger partial charge >= 0.3 is 0 Å². The molecule has 0 radical (unpaired) electrons. The fourth-order valence-electron chi connectivity index (χ4n) is 5.57. The molecule has 174 valence electrons. The first-order valence-corrected chi connectivity index (χ1v) is 12.8. The molecule has 1 atom stereocenters. The molecule has 3 heterocycles. The van der Waals surface area contributed by atoms with E-state index in [0.29, 0.717) is 12.1 Å². The van der Waals surface area contributed by atoms with Gasteiger partial charge in [0.2, 0.25) is 0 Å². The van der Waals surface area contributed by atoms with Crippen LogP contribution in [-0.4, -0.2) is 40.4 Å². The number of piperazine rings is 1. The molecule has 0 N–H and O–H groups in total. The molecule has 0 unspecified atom stereocenters. The van der Waals surface area contributed by atoms with E-state index in [9.17, 15) is 0 Å². The summed E-state index contributed by atoms with van der Waals surface area (Å²) in [5, 5.41) is 6.35. The van der Waals surface area contributed by atoms with Crippen molar-refractivity contribution in [3.05, 3.63) is 84.3 Å². The first-order chi connectivity index (χ1) is 16.8. The number of pyridine rings is 1. The summed E-state index contributed by atoms with van der Waals surface area (Å²) in [4.78, 5) is 9.52. The van der Waals surface area contributed by atoms with Gasteiger partial charge in [-0.25, -0.2) is 0 Å². The third-order valence-electron chi connectivity index (χ3n) is 7.66.